The Morgan fingerprint density at radius 2 is 2.13 bits per heavy atom. The molecule has 0 aromatic carbocycles. The van der Waals surface area contributed by atoms with Gasteiger partial charge in [0.05, 0.1) is 24.1 Å². The van der Waals surface area contributed by atoms with E-state index in [9.17, 15) is 13.2 Å². The third-order valence-electron chi connectivity index (χ3n) is 2.68. The van der Waals surface area contributed by atoms with Gasteiger partial charge < -0.3 is 20.2 Å². The molecule has 0 atom stereocenters. The zero-order valence-corrected chi connectivity index (χ0v) is 11.6. The molecule has 0 bridgehead atoms. The number of amidine groups is 1. The minimum absolute atomic E-state index is 0.0797. The molecule has 0 fully saturated rings. The number of nitrogens with two attached hydrogens (primary N) is 1. The van der Waals surface area contributed by atoms with Gasteiger partial charge in [0.25, 0.3) is 6.02 Å². The zero-order valence-electron chi connectivity index (χ0n) is 11.6. The fourth-order valence-corrected chi connectivity index (χ4v) is 1.69. The Morgan fingerprint density at radius 1 is 1.39 bits per heavy atom. The average Bonchev–Trinajstić information content (AvgIpc) is 2.96. The van der Waals surface area contributed by atoms with Crippen LogP contribution >= 0.6 is 0 Å². The molecule has 23 heavy (non-hydrogen) atoms. The topological polar surface area (TPSA) is 121 Å². The van der Waals surface area contributed by atoms with Crippen LogP contribution in [0.5, 0.6) is 0 Å². The Morgan fingerprint density at radius 3 is 2.70 bits per heavy atom. The molecule has 2 rings (SSSR count). The molecule has 2 aromatic rings. The summed E-state index contributed by atoms with van der Waals surface area (Å²) in [7, 11) is 0. The van der Waals surface area contributed by atoms with Crippen LogP contribution in [-0.2, 0) is 17.5 Å². The van der Waals surface area contributed by atoms with Crippen LogP contribution in [0, 0.1) is 10.8 Å². The maximum atomic E-state index is 12.8. The van der Waals surface area contributed by atoms with Gasteiger partial charge in [-0.25, -0.2) is 4.98 Å². The first-order valence-corrected chi connectivity index (χ1v) is 6.21. The van der Waals surface area contributed by atoms with Crippen molar-refractivity contribution in [2.24, 2.45) is 5.73 Å². The lowest BCUT2D eigenvalue weighted by molar-refractivity contribution is -0.137. The van der Waals surface area contributed by atoms with E-state index in [4.69, 9.17) is 21.0 Å². The molecule has 0 radical (unpaired) electrons. The number of nitrogens with zero attached hydrogens (tertiary/aromatic N) is 1. The van der Waals surface area contributed by atoms with Gasteiger partial charge in [0.2, 0.25) is 5.90 Å². The molecule has 0 saturated heterocycles. The Hall–Kier alpha value is -3.04. The molecule has 0 aliphatic heterocycles. The fourth-order valence-electron chi connectivity index (χ4n) is 1.69. The molecule has 122 valence electrons. The highest BCUT2D eigenvalue weighted by Gasteiger charge is 2.32. The molecule has 0 unspecified atom stereocenters. The van der Waals surface area contributed by atoms with Crippen molar-refractivity contribution < 1.29 is 22.3 Å². The highest BCUT2D eigenvalue weighted by molar-refractivity contribution is 6.00. The molecule has 10 heteroatoms. The summed E-state index contributed by atoms with van der Waals surface area (Å²) in [6, 6.07) is 3.28. The van der Waals surface area contributed by atoms with Crippen LogP contribution in [0.25, 0.3) is 0 Å². The summed E-state index contributed by atoms with van der Waals surface area (Å²) >= 11 is 0. The van der Waals surface area contributed by atoms with Crippen LogP contribution in [0.2, 0.25) is 0 Å². The fraction of sp³-hybridized carbons (Fsp3) is 0.154. The SMILES string of the molecule is N=C(N)OC(=N)c1ncc(C(F)(F)F)cc1NCc1ccco1. The Kier molecular flexibility index (Phi) is 4.53. The quantitative estimate of drug-likeness (QED) is 0.508. The summed E-state index contributed by atoms with van der Waals surface area (Å²) < 4.78 is 48.0. The predicted octanol–water partition coefficient (Wildman–Crippen LogP) is 2.54. The number of nitrogens with one attached hydrogen (secondary N) is 3. The third kappa shape index (κ3) is 4.22. The molecule has 5 N–H and O–H groups in total. The van der Waals surface area contributed by atoms with Crippen LogP contribution in [-0.4, -0.2) is 16.9 Å². The minimum atomic E-state index is -4.59. The van der Waals surface area contributed by atoms with Crippen LogP contribution < -0.4 is 11.1 Å². The lowest BCUT2D eigenvalue weighted by Gasteiger charge is -2.14. The second kappa shape index (κ2) is 6.38. The standard InChI is InChI=1S/C13H12F3N5O2/c14-13(15,16)7-4-9(20-6-8-2-1-3-22-8)10(21-5-7)11(17)23-12(18)19/h1-5,17,20H,6H2,(H3,18,19). The molecule has 2 heterocycles. The van der Waals surface area contributed by atoms with Crippen LogP contribution in [0.3, 0.4) is 0 Å². The molecule has 0 aliphatic rings. The third-order valence-corrected chi connectivity index (χ3v) is 2.68. The van der Waals surface area contributed by atoms with Gasteiger partial charge in [0, 0.05) is 6.20 Å². The second-order valence-corrected chi connectivity index (χ2v) is 4.35. The van der Waals surface area contributed by atoms with E-state index in [0.29, 0.717) is 12.0 Å². The summed E-state index contributed by atoms with van der Waals surface area (Å²) in [6.45, 7) is 0.0797. The number of hydrogen-bond donors (Lipinski definition) is 4. The molecular weight excluding hydrogens is 315 g/mol. The van der Waals surface area contributed by atoms with Crippen LogP contribution in [0.1, 0.15) is 17.0 Å². The van der Waals surface area contributed by atoms with Gasteiger partial charge in [-0.1, -0.05) is 0 Å². The van der Waals surface area contributed by atoms with Gasteiger partial charge in [0.1, 0.15) is 11.5 Å². The van der Waals surface area contributed by atoms with Crippen molar-refractivity contribution in [3.63, 3.8) is 0 Å². The molecule has 0 aliphatic carbocycles. The van der Waals surface area contributed by atoms with E-state index in [2.05, 4.69) is 15.0 Å². The van der Waals surface area contributed by atoms with Crippen molar-refractivity contribution in [2.45, 2.75) is 12.7 Å². The summed E-state index contributed by atoms with van der Waals surface area (Å²) in [5, 5.41) is 17.3. The first-order chi connectivity index (χ1) is 10.8. The van der Waals surface area contributed by atoms with E-state index in [1.54, 1.807) is 12.1 Å². The molecule has 2 aromatic heterocycles. The van der Waals surface area contributed by atoms with Gasteiger partial charge in [-0.3, -0.25) is 10.8 Å². The number of halogens is 3. The van der Waals surface area contributed by atoms with Gasteiger partial charge >= 0.3 is 6.18 Å². The van der Waals surface area contributed by atoms with Gasteiger partial charge in [-0.15, -0.1) is 0 Å². The number of furan rings is 1. The number of alkyl halides is 3. The first-order valence-electron chi connectivity index (χ1n) is 6.21. The smallest absolute Gasteiger partial charge is 0.417 e. The van der Waals surface area contributed by atoms with Crippen molar-refractivity contribution in [3.05, 3.63) is 47.7 Å². The average molecular weight is 327 g/mol. The molecule has 0 amide bonds. The highest BCUT2D eigenvalue weighted by atomic mass is 19.4. The molecule has 0 saturated carbocycles. The molecule has 7 nitrogen and oxygen atoms in total. The number of pyridine rings is 1. The summed E-state index contributed by atoms with van der Waals surface area (Å²) in [4.78, 5) is 3.58. The van der Waals surface area contributed by atoms with E-state index in [-0.39, 0.29) is 17.9 Å². The maximum Gasteiger partial charge on any atom is 0.417 e. The lowest BCUT2D eigenvalue weighted by Crippen LogP contribution is -2.22. The normalized spacial score (nSPS) is 11.1. The number of aromatic nitrogens is 1. The molecule has 0 spiro atoms. The monoisotopic (exact) mass is 327 g/mol. The van der Waals surface area contributed by atoms with Crippen LogP contribution in [0.15, 0.2) is 35.1 Å². The van der Waals surface area contributed by atoms with Crippen molar-refractivity contribution in [1.29, 1.82) is 10.8 Å². The number of ether oxygens (including phenoxy) is 1. The second-order valence-electron chi connectivity index (χ2n) is 4.35. The van der Waals surface area contributed by atoms with Crippen molar-refractivity contribution in [1.82, 2.24) is 4.98 Å². The van der Waals surface area contributed by atoms with Gasteiger partial charge in [0.15, 0.2) is 0 Å². The van der Waals surface area contributed by atoms with Crippen molar-refractivity contribution in [2.75, 3.05) is 5.32 Å². The number of hydrogen-bond acceptors (Lipinski definition) is 6. The van der Waals surface area contributed by atoms with Crippen molar-refractivity contribution in [3.8, 4) is 0 Å². The van der Waals surface area contributed by atoms with Crippen molar-refractivity contribution >= 4 is 17.6 Å². The van der Waals surface area contributed by atoms with E-state index in [1.807, 2.05) is 0 Å². The van der Waals surface area contributed by atoms with E-state index < -0.39 is 23.7 Å². The van der Waals surface area contributed by atoms with E-state index in [0.717, 1.165) is 6.07 Å². The molecular formula is C13H12F3N5O2. The lowest BCUT2D eigenvalue weighted by atomic mass is 10.2. The summed E-state index contributed by atoms with van der Waals surface area (Å²) in [5.74, 6) is -0.166. The van der Waals surface area contributed by atoms with Crippen LogP contribution in [0.4, 0.5) is 18.9 Å². The summed E-state index contributed by atoms with van der Waals surface area (Å²) in [5.41, 5.74) is 3.72. The van der Waals surface area contributed by atoms with Gasteiger partial charge in [-0.05, 0) is 18.2 Å². The zero-order chi connectivity index (χ0) is 17.0. The Bertz CT molecular complexity index is 713. The Labute approximate surface area is 128 Å². The van der Waals surface area contributed by atoms with E-state index >= 15 is 0 Å². The minimum Gasteiger partial charge on any atom is -0.467 e. The Balaban J connectivity index is 2.32. The summed E-state index contributed by atoms with van der Waals surface area (Å²) in [6.07, 6.45) is -2.59. The highest BCUT2D eigenvalue weighted by Crippen LogP contribution is 2.31. The van der Waals surface area contributed by atoms with E-state index in [1.165, 1.54) is 6.26 Å². The number of anilines is 1. The van der Waals surface area contributed by atoms with Gasteiger partial charge in [-0.2, -0.15) is 13.2 Å². The first kappa shape index (κ1) is 16.3. The number of rotatable bonds is 4. The predicted molar refractivity (Wildman–Crippen MR) is 75.1 cm³/mol. The maximum absolute atomic E-state index is 12.8. The largest absolute Gasteiger partial charge is 0.467 e.